The highest BCUT2D eigenvalue weighted by molar-refractivity contribution is 5.92. The Kier molecular flexibility index (Phi) is 3.13. The fourth-order valence-electron chi connectivity index (χ4n) is 1.22. The summed E-state index contributed by atoms with van der Waals surface area (Å²) in [4.78, 5) is 18.9. The number of amides is 1. The molecule has 2 rings (SSSR count). The van der Waals surface area contributed by atoms with E-state index in [0.29, 0.717) is 16.8 Å². The number of rotatable bonds is 1. The summed E-state index contributed by atoms with van der Waals surface area (Å²) in [6, 6.07) is 7.08. The number of primary amides is 1. The summed E-state index contributed by atoms with van der Waals surface area (Å²) in [7, 11) is 0. The molecule has 0 bridgehead atoms. The molecular formula is C13H9N3O. The van der Waals surface area contributed by atoms with Gasteiger partial charge in [0.1, 0.15) is 5.69 Å². The molecule has 0 saturated carbocycles. The van der Waals surface area contributed by atoms with Crippen LogP contribution in [0.2, 0.25) is 0 Å². The molecule has 0 aromatic carbocycles. The van der Waals surface area contributed by atoms with Gasteiger partial charge in [-0.15, -0.1) is 0 Å². The second-order valence-corrected chi connectivity index (χ2v) is 3.29. The van der Waals surface area contributed by atoms with Crippen molar-refractivity contribution in [3.05, 3.63) is 59.7 Å². The van der Waals surface area contributed by atoms with Gasteiger partial charge >= 0.3 is 0 Å². The summed E-state index contributed by atoms with van der Waals surface area (Å²) < 4.78 is 0. The lowest BCUT2D eigenvalue weighted by atomic mass is 10.2. The number of hydrogen-bond donors (Lipinski definition) is 1. The van der Waals surface area contributed by atoms with Crippen LogP contribution < -0.4 is 5.73 Å². The molecule has 0 saturated heterocycles. The van der Waals surface area contributed by atoms with Crippen LogP contribution in [0.5, 0.6) is 0 Å². The van der Waals surface area contributed by atoms with Crippen molar-refractivity contribution >= 4 is 5.91 Å². The number of aromatic nitrogens is 2. The molecule has 2 heterocycles. The number of pyridine rings is 2. The van der Waals surface area contributed by atoms with Crippen LogP contribution in [0.1, 0.15) is 21.6 Å². The maximum atomic E-state index is 10.9. The van der Waals surface area contributed by atoms with Crippen LogP contribution in [0, 0.1) is 11.8 Å². The van der Waals surface area contributed by atoms with Crippen molar-refractivity contribution < 1.29 is 4.79 Å². The first kappa shape index (κ1) is 10.8. The molecule has 0 aliphatic heterocycles. The molecule has 2 N–H and O–H groups in total. The molecule has 4 heteroatoms. The van der Waals surface area contributed by atoms with Gasteiger partial charge in [0.25, 0.3) is 0 Å². The number of nitrogens with zero attached hydrogens (tertiary/aromatic N) is 2. The summed E-state index contributed by atoms with van der Waals surface area (Å²) in [6.45, 7) is 0. The van der Waals surface area contributed by atoms with E-state index in [1.165, 1.54) is 6.20 Å². The first-order valence-electron chi connectivity index (χ1n) is 4.93. The fourth-order valence-corrected chi connectivity index (χ4v) is 1.22. The minimum atomic E-state index is -0.515. The molecule has 82 valence electrons. The van der Waals surface area contributed by atoms with Crippen molar-refractivity contribution in [2.75, 3.05) is 0 Å². The number of hydrogen-bond acceptors (Lipinski definition) is 3. The molecule has 0 aliphatic rings. The Labute approximate surface area is 98.5 Å². The normalized spacial score (nSPS) is 9.18. The first-order chi connectivity index (χ1) is 8.25. The van der Waals surface area contributed by atoms with Crippen LogP contribution in [-0.4, -0.2) is 15.9 Å². The standard InChI is InChI=1S/C13H9N3O/c14-13(17)11-7-10(8-15-9-11)4-5-12-3-1-2-6-16-12/h1-3,6-9H,(H2,14,17). The maximum absolute atomic E-state index is 10.9. The van der Waals surface area contributed by atoms with Crippen molar-refractivity contribution in [1.29, 1.82) is 0 Å². The summed E-state index contributed by atoms with van der Waals surface area (Å²) in [5, 5.41) is 0. The molecule has 0 atom stereocenters. The lowest BCUT2D eigenvalue weighted by molar-refractivity contribution is 0.1000. The molecule has 0 aliphatic carbocycles. The first-order valence-corrected chi connectivity index (χ1v) is 4.93. The molecule has 17 heavy (non-hydrogen) atoms. The lowest BCUT2D eigenvalue weighted by Crippen LogP contribution is -2.11. The highest BCUT2D eigenvalue weighted by atomic mass is 16.1. The van der Waals surface area contributed by atoms with Crippen molar-refractivity contribution in [3.63, 3.8) is 0 Å². The number of nitrogens with two attached hydrogens (primary N) is 1. The highest BCUT2D eigenvalue weighted by Gasteiger charge is 2.00. The van der Waals surface area contributed by atoms with E-state index >= 15 is 0 Å². The largest absolute Gasteiger partial charge is 0.366 e. The molecule has 0 unspecified atom stereocenters. The molecule has 0 fully saturated rings. The van der Waals surface area contributed by atoms with Gasteiger partial charge in [0.2, 0.25) is 5.91 Å². The molecule has 2 aromatic heterocycles. The predicted molar refractivity (Wildman–Crippen MR) is 63.0 cm³/mol. The van der Waals surface area contributed by atoms with Crippen LogP contribution in [0.3, 0.4) is 0 Å². The van der Waals surface area contributed by atoms with Gasteiger partial charge in [-0.25, -0.2) is 4.98 Å². The minimum absolute atomic E-state index is 0.345. The minimum Gasteiger partial charge on any atom is -0.366 e. The average molecular weight is 223 g/mol. The van der Waals surface area contributed by atoms with Gasteiger partial charge in [0.05, 0.1) is 5.56 Å². The summed E-state index contributed by atoms with van der Waals surface area (Å²) in [5.41, 5.74) is 6.79. The Morgan fingerprint density at radius 2 is 2.12 bits per heavy atom. The van der Waals surface area contributed by atoms with Gasteiger partial charge in [-0.1, -0.05) is 12.0 Å². The topological polar surface area (TPSA) is 68.9 Å². The Morgan fingerprint density at radius 1 is 1.24 bits per heavy atom. The van der Waals surface area contributed by atoms with Crippen molar-refractivity contribution in [1.82, 2.24) is 9.97 Å². The number of carbonyl (C=O) groups excluding carboxylic acids is 1. The predicted octanol–water partition coefficient (Wildman–Crippen LogP) is 0.975. The SMILES string of the molecule is NC(=O)c1cncc(C#Cc2ccccn2)c1. The monoisotopic (exact) mass is 223 g/mol. The Bertz CT molecular complexity index is 597. The van der Waals surface area contributed by atoms with Crippen molar-refractivity contribution in [2.24, 2.45) is 5.73 Å². The number of carbonyl (C=O) groups is 1. The zero-order valence-corrected chi connectivity index (χ0v) is 8.92. The second kappa shape index (κ2) is 4.90. The van der Waals surface area contributed by atoms with E-state index in [0.717, 1.165) is 0 Å². The lowest BCUT2D eigenvalue weighted by Gasteiger charge is -1.94. The van der Waals surface area contributed by atoms with E-state index in [4.69, 9.17) is 5.73 Å². The van der Waals surface area contributed by atoms with E-state index in [1.807, 2.05) is 12.1 Å². The van der Waals surface area contributed by atoms with Gasteiger partial charge in [-0.2, -0.15) is 0 Å². The molecule has 1 amide bonds. The summed E-state index contributed by atoms with van der Waals surface area (Å²) in [5.74, 6) is 5.23. The second-order valence-electron chi connectivity index (χ2n) is 3.29. The van der Waals surface area contributed by atoms with Crippen LogP contribution in [-0.2, 0) is 0 Å². The fraction of sp³-hybridized carbons (Fsp3) is 0. The highest BCUT2D eigenvalue weighted by Crippen LogP contribution is 2.00. The Hall–Kier alpha value is -2.67. The Morgan fingerprint density at radius 3 is 2.82 bits per heavy atom. The van der Waals surface area contributed by atoms with E-state index in [-0.39, 0.29) is 0 Å². The van der Waals surface area contributed by atoms with Crippen molar-refractivity contribution in [2.45, 2.75) is 0 Å². The average Bonchev–Trinajstić information content (AvgIpc) is 2.38. The van der Waals surface area contributed by atoms with Gasteiger partial charge in [-0.05, 0) is 24.1 Å². The molecule has 2 aromatic rings. The van der Waals surface area contributed by atoms with E-state index in [1.54, 1.807) is 24.5 Å². The van der Waals surface area contributed by atoms with Crippen LogP contribution in [0.25, 0.3) is 0 Å². The third kappa shape index (κ3) is 2.89. The van der Waals surface area contributed by atoms with Gasteiger partial charge in [0, 0.05) is 24.2 Å². The van der Waals surface area contributed by atoms with E-state index in [2.05, 4.69) is 21.8 Å². The van der Waals surface area contributed by atoms with Crippen LogP contribution >= 0.6 is 0 Å². The Balaban J connectivity index is 2.28. The van der Waals surface area contributed by atoms with E-state index < -0.39 is 5.91 Å². The van der Waals surface area contributed by atoms with E-state index in [9.17, 15) is 4.79 Å². The van der Waals surface area contributed by atoms with Crippen molar-refractivity contribution in [3.8, 4) is 11.8 Å². The third-order valence-corrected chi connectivity index (χ3v) is 2.02. The third-order valence-electron chi connectivity index (χ3n) is 2.02. The quantitative estimate of drug-likeness (QED) is 0.732. The van der Waals surface area contributed by atoms with Crippen LogP contribution in [0.15, 0.2) is 42.9 Å². The smallest absolute Gasteiger partial charge is 0.250 e. The molecular weight excluding hydrogens is 214 g/mol. The summed E-state index contributed by atoms with van der Waals surface area (Å²) >= 11 is 0. The zero-order valence-electron chi connectivity index (χ0n) is 8.92. The summed E-state index contributed by atoms with van der Waals surface area (Å²) in [6.07, 6.45) is 4.65. The van der Waals surface area contributed by atoms with Gasteiger partial charge < -0.3 is 5.73 Å². The molecule has 0 radical (unpaired) electrons. The maximum Gasteiger partial charge on any atom is 0.250 e. The van der Waals surface area contributed by atoms with Gasteiger partial charge in [-0.3, -0.25) is 9.78 Å². The molecule has 0 spiro atoms. The molecule has 4 nitrogen and oxygen atoms in total. The van der Waals surface area contributed by atoms with Gasteiger partial charge in [0.15, 0.2) is 0 Å². The van der Waals surface area contributed by atoms with Crippen LogP contribution in [0.4, 0.5) is 0 Å². The zero-order chi connectivity index (χ0) is 12.1.